The van der Waals surface area contributed by atoms with Gasteiger partial charge in [0.25, 0.3) is 11.8 Å². The molecule has 0 aromatic carbocycles. The maximum absolute atomic E-state index is 12.9. The molecule has 0 bridgehead atoms. The zero-order valence-corrected chi connectivity index (χ0v) is 19.1. The molecule has 0 atom stereocenters. The molecule has 8 heteroatoms. The number of carbonyl (C=O) groups is 2. The summed E-state index contributed by atoms with van der Waals surface area (Å²) in [5.74, 6) is -0.952. The maximum Gasteiger partial charge on any atom is 0.265 e. The van der Waals surface area contributed by atoms with Crippen LogP contribution in [-0.4, -0.2) is 32.9 Å². The van der Waals surface area contributed by atoms with Crippen molar-refractivity contribution < 1.29 is 9.59 Å². The molecule has 0 saturated carbocycles. The third kappa shape index (κ3) is 3.54. The van der Waals surface area contributed by atoms with E-state index in [2.05, 4.69) is 22.5 Å². The van der Waals surface area contributed by atoms with Gasteiger partial charge in [-0.2, -0.15) is 5.26 Å². The first-order valence-corrected chi connectivity index (χ1v) is 11.3. The molecule has 2 aromatic heterocycles. The van der Waals surface area contributed by atoms with Gasteiger partial charge in [-0.15, -0.1) is 17.9 Å². The Morgan fingerprint density at radius 3 is 2.77 bits per heavy atom. The average molecular weight is 451 g/mol. The summed E-state index contributed by atoms with van der Waals surface area (Å²) in [6, 6.07) is 4.35. The van der Waals surface area contributed by atoms with Crippen molar-refractivity contribution >= 4 is 46.6 Å². The fourth-order valence-corrected chi connectivity index (χ4v) is 5.92. The summed E-state index contributed by atoms with van der Waals surface area (Å²) in [7, 11) is 0. The van der Waals surface area contributed by atoms with E-state index in [1.54, 1.807) is 23.5 Å². The molecule has 0 spiro atoms. The lowest BCUT2D eigenvalue weighted by Crippen LogP contribution is -2.53. The Labute approximate surface area is 190 Å². The van der Waals surface area contributed by atoms with Crippen LogP contribution in [0.3, 0.4) is 0 Å². The van der Waals surface area contributed by atoms with E-state index < -0.39 is 11.8 Å². The van der Waals surface area contributed by atoms with Gasteiger partial charge >= 0.3 is 0 Å². The quantitative estimate of drug-likeness (QED) is 0.333. The van der Waals surface area contributed by atoms with Gasteiger partial charge in [0.2, 0.25) is 0 Å². The van der Waals surface area contributed by atoms with Crippen molar-refractivity contribution in [3.05, 3.63) is 57.2 Å². The van der Waals surface area contributed by atoms with Crippen molar-refractivity contribution in [2.45, 2.75) is 39.5 Å². The Kier molecular flexibility index (Phi) is 5.65. The molecule has 2 amide bonds. The third-order valence-corrected chi connectivity index (χ3v) is 7.33. The molecule has 1 fully saturated rings. The molecule has 0 unspecified atom stereocenters. The van der Waals surface area contributed by atoms with E-state index in [1.165, 1.54) is 15.3 Å². The number of rotatable bonds is 4. The number of nitriles is 1. The average Bonchev–Trinajstić information content (AvgIpc) is 3.24. The molecule has 1 aliphatic carbocycles. The molecule has 2 aliphatic rings. The highest BCUT2D eigenvalue weighted by molar-refractivity contribution is 7.80. The van der Waals surface area contributed by atoms with Crippen LogP contribution >= 0.6 is 23.6 Å². The van der Waals surface area contributed by atoms with Crippen molar-refractivity contribution in [3.8, 4) is 11.1 Å². The number of amides is 2. The van der Waals surface area contributed by atoms with Gasteiger partial charge in [0, 0.05) is 22.8 Å². The molecule has 1 aliphatic heterocycles. The molecule has 1 saturated heterocycles. The number of thiophene rings is 1. The summed E-state index contributed by atoms with van der Waals surface area (Å²) in [6.45, 7) is 7.78. The van der Waals surface area contributed by atoms with E-state index in [-0.39, 0.29) is 17.2 Å². The number of thiocarbonyl (C=S) groups is 1. The zero-order valence-electron chi connectivity index (χ0n) is 17.4. The molecule has 0 radical (unpaired) electrons. The standard InChI is InChI=1S/C23H22N4O2S2/c1-4-9-26-21(29)17(20(28)25-23(26)30)11-15-10-13(2)27(14(15)3)22-18(12-24)16-7-5-6-8-19(16)31-22/h4,10-11H,1,5-9H2,2-3H3,(H,25,28,30). The lowest BCUT2D eigenvalue weighted by molar-refractivity contribution is -0.128. The van der Waals surface area contributed by atoms with Crippen molar-refractivity contribution in [3.63, 3.8) is 0 Å². The van der Waals surface area contributed by atoms with Crippen LogP contribution in [0.1, 0.15) is 45.8 Å². The molecule has 2 aromatic rings. The summed E-state index contributed by atoms with van der Waals surface area (Å²) in [5.41, 5.74) is 4.54. The summed E-state index contributed by atoms with van der Waals surface area (Å²) in [4.78, 5) is 28.0. The van der Waals surface area contributed by atoms with Crippen molar-refractivity contribution in [1.29, 1.82) is 5.26 Å². The third-order valence-electron chi connectivity index (χ3n) is 5.74. The van der Waals surface area contributed by atoms with Crippen LogP contribution in [0.5, 0.6) is 0 Å². The molecule has 31 heavy (non-hydrogen) atoms. The second-order valence-electron chi connectivity index (χ2n) is 7.69. The first kappa shape index (κ1) is 21.2. The van der Waals surface area contributed by atoms with E-state index >= 15 is 0 Å². The van der Waals surface area contributed by atoms with E-state index in [0.717, 1.165) is 53.2 Å². The number of aromatic nitrogens is 1. The van der Waals surface area contributed by atoms with Gasteiger partial charge in [0.05, 0.1) is 5.56 Å². The summed E-state index contributed by atoms with van der Waals surface area (Å²) in [5, 5.41) is 13.4. The maximum atomic E-state index is 12.9. The van der Waals surface area contributed by atoms with Crippen LogP contribution < -0.4 is 5.32 Å². The normalized spacial score (nSPS) is 17.5. The largest absolute Gasteiger partial charge is 0.308 e. The van der Waals surface area contributed by atoms with Crippen LogP contribution in [0, 0.1) is 25.2 Å². The Morgan fingerprint density at radius 1 is 1.32 bits per heavy atom. The van der Waals surface area contributed by atoms with Gasteiger partial charge in [-0.3, -0.25) is 19.8 Å². The van der Waals surface area contributed by atoms with E-state index in [0.29, 0.717) is 0 Å². The van der Waals surface area contributed by atoms with E-state index in [1.807, 2.05) is 19.9 Å². The molecular formula is C23H22N4O2S2. The van der Waals surface area contributed by atoms with Crippen LogP contribution in [-0.2, 0) is 22.4 Å². The van der Waals surface area contributed by atoms with Crippen molar-refractivity contribution in [1.82, 2.24) is 14.8 Å². The van der Waals surface area contributed by atoms with Gasteiger partial charge in [-0.05, 0) is 75.0 Å². The number of hydrogen-bond acceptors (Lipinski definition) is 5. The topological polar surface area (TPSA) is 78.1 Å². The Balaban J connectivity index is 1.80. The predicted molar refractivity (Wildman–Crippen MR) is 125 cm³/mol. The van der Waals surface area contributed by atoms with Crippen molar-refractivity contribution in [2.75, 3.05) is 6.54 Å². The Morgan fingerprint density at radius 2 is 2.06 bits per heavy atom. The summed E-state index contributed by atoms with van der Waals surface area (Å²) in [6.07, 6.45) is 7.39. The molecule has 4 rings (SSSR count). The van der Waals surface area contributed by atoms with Crippen LogP contribution in [0.2, 0.25) is 0 Å². The van der Waals surface area contributed by atoms with Gasteiger partial charge in [0.15, 0.2) is 5.11 Å². The van der Waals surface area contributed by atoms with Crippen molar-refractivity contribution in [2.24, 2.45) is 0 Å². The highest BCUT2D eigenvalue weighted by Crippen LogP contribution is 2.38. The van der Waals surface area contributed by atoms with Crippen LogP contribution in [0.25, 0.3) is 11.1 Å². The smallest absolute Gasteiger partial charge is 0.265 e. The van der Waals surface area contributed by atoms with Gasteiger partial charge in [-0.1, -0.05) is 6.08 Å². The SMILES string of the molecule is C=CCN1C(=O)C(=Cc2cc(C)n(-c3sc4c(c3C#N)CCCC4)c2C)C(=O)NC1=S. The van der Waals surface area contributed by atoms with Gasteiger partial charge < -0.3 is 4.57 Å². The highest BCUT2D eigenvalue weighted by Gasteiger charge is 2.33. The molecule has 158 valence electrons. The molecular weight excluding hydrogens is 428 g/mol. The number of aryl methyl sites for hydroxylation is 2. The number of hydrogen-bond donors (Lipinski definition) is 1. The highest BCUT2D eigenvalue weighted by atomic mass is 32.1. The first-order valence-electron chi connectivity index (χ1n) is 10.1. The lowest BCUT2D eigenvalue weighted by Gasteiger charge is -2.27. The fourth-order valence-electron chi connectivity index (χ4n) is 4.21. The fraction of sp³-hybridized carbons (Fsp3) is 0.304. The van der Waals surface area contributed by atoms with Gasteiger partial charge in [-0.25, -0.2) is 0 Å². The first-order chi connectivity index (χ1) is 14.9. The Bertz CT molecular complexity index is 1210. The zero-order chi connectivity index (χ0) is 22.3. The minimum absolute atomic E-state index is 0.0293. The molecule has 6 nitrogen and oxygen atoms in total. The van der Waals surface area contributed by atoms with Crippen LogP contribution in [0.4, 0.5) is 0 Å². The predicted octanol–water partition coefficient (Wildman–Crippen LogP) is 3.72. The van der Waals surface area contributed by atoms with Crippen LogP contribution in [0.15, 0.2) is 24.3 Å². The van der Waals surface area contributed by atoms with Gasteiger partial charge in [0.1, 0.15) is 16.6 Å². The summed E-state index contributed by atoms with van der Waals surface area (Å²) >= 11 is 6.79. The second-order valence-corrected chi connectivity index (χ2v) is 9.16. The lowest BCUT2D eigenvalue weighted by atomic mass is 9.96. The number of fused-ring (bicyclic) bond motifs is 1. The molecule has 3 heterocycles. The summed E-state index contributed by atoms with van der Waals surface area (Å²) < 4.78 is 2.06. The molecule has 1 N–H and O–H groups in total. The Hall–Kier alpha value is -3.02. The van der Waals surface area contributed by atoms with E-state index in [4.69, 9.17) is 12.2 Å². The number of nitrogens with one attached hydrogen (secondary N) is 1. The minimum atomic E-state index is -0.510. The number of nitrogens with zero attached hydrogens (tertiary/aromatic N) is 3. The monoisotopic (exact) mass is 450 g/mol. The van der Waals surface area contributed by atoms with E-state index in [9.17, 15) is 14.9 Å². The number of carbonyl (C=O) groups excluding carboxylic acids is 2. The second kappa shape index (κ2) is 8.25. The minimum Gasteiger partial charge on any atom is -0.308 e.